The largest absolute Gasteiger partial charge is 0.463 e. The van der Waals surface area contributed by atoms with E-state index in [1.54, 1.807) is 0 Å². The Morgan fingerprint density at radius 3 is 2.31 bits per heavy atom. The molecule has 1 unspecified atom stereocenters. The molecule has 0 amide bonds. The van der Waals surface area contributed by atoms with Crippen molar-refractivity contribution in [2.45, 2.75) is 25.9 Å². The van der Waals surface area contributed by atoms with Crippen LogP contribution in [-0.2, 0) is 5.60 Å². The lowest BCUT2D eigenvalue weighted by molar-refractivity contribution is 0.0519. The van der Waals surface area contributed by atoms with Gasteiger partial charge in [0, 0.05) is 0 Å². The smallest absolute Gasteiger partial charge is 0.147 e. The van der Waals surface area contributed by atoms with Crippen molar-refractivity contribution >= 4 is 0 Å². The third kappa shape index (κ3) is 1.76. The molecule has 1 N–H and O–H groups in total. The van der Waals surface area contributed by atoms with E-state index in [4.69, 9.17) is 4.42 Å². The van der Waals surface area contributed by atoms with E-state index in [1.165, 1.54) is 0 Å². The van der Waals surface area contributed by atoms with Gasteiger partial charge in [-0.05, 0) is 31.0 Å². The molecular weight excluding hydrogens is 200 g/mol. The molecule has 1 aromatic carbocycles. The van der Waals surface area contributed by atoms with Gasteiger partial charge in [-0.3, -0.25) is 0 Å². The van der Waals surface area contributed by atoms with Gasteiger partial charge in [0.25, 0.3) is 0 Å². The molecule has 0 bridgehead atoms. The van der Waals surface area contributed by atoms with Crippen molar-refractivity contribution in [2.24, 2.45) is 0 Å². The van der Waals surface area contributed by atoms with Crippen LogP contribution in [0.4, 0.5) is 0 Å². The van der Waals surface area contributed by atoms with Crippen molar-refractivity contribution < 1.29 is 9.52 Å². The Hall–Kier alpha value is -1.54. The maximum absolute atomic E-state index is 10.7. The first-order valence-corrected chi connectivity index (χ1v) is 5.51. The number of hydrogen-bond donors (Lipinski definition) is 1. The maximum atomic E-state index is 10.7. The Kier molecular flexibility index (Phi) is 2.84. The third-order valence-corrected chi connectivity index (χ3v) is 2.91. The molecule has 0 saturated carbocycles. The Labute approximate surface area is 95.5 Å². The van der Waals surface area contributed by atoms with Gasteiger partial charge in [0.1, 0.15) is 17.1 Å². The van der Waals surface area contributed by atoms with Crippen LogP contribution in [0.25, 0.3) is 0 Å². The van der Waals surface area contributed by atoms with Crippen molar-refractivity contribution in [1.82, 2.24) is 0 Å². The molecule has 0 aliphatic carbocycles. The quantitative estimate of drug-likeness (QED) is 0.854. The molecule has 0 fully saturated rings. The van der Waals surface area contributed by atoms with Crippen molar-refractivity contribution in [3.05, 3.63) is 59.5 Å². The first kappa shape index (κ1) is 11.0. The van der Waals surface area contributed by atoms with E-state index < -0.39 is 5.60 Å². The fourth-order valence-electron chi connectivity index (χ4n) is 1.89. The van der Waals surface area contributed by atoms with E-state index in [9.17, 15) is 5.11 Å². The van der Waals surface area contributed by atoms with Crippen molar-refractivity contribution in [2.75, 3.05) is 0 Å². The molecular formula is C14H16O2. The van der Waals surface area contributed by atoms with Gasteiger partial charge in [0.05, 0.1) is 0 Å². The average molecular weight is 216 g/mol. The number of aliphatic hydroxyl groups is 1. The number of aryl methyl sites for hydroxylation is 1. The average Bonchev–Trinajstić information content (AvgIpc) is 2.76. The molecule has 0 saturated heterocycles. The van der Waals surface area contributed by atoms with Gasteiger partial charge in [-0.2, -0.15) is 0 Å². The van der Waals surface area contributed by atoms with Gasteiger partial charge in [-0.25, -0.2) is 0 Å². The molecule has 2 rings (SSSR count). The Morgan fingerprint density at radius 2 is 1.81 bits per heavy atom. The van der Waals surface area contributed by atoms with Crippen LogP contribution in [0.2, 0.25) is 0 Å². The Balaban J connectivity index is 2.48. The topological polar surface area (TPSA) is 33.4 Å². The van der Waals surface area contributed by atoms with Crippen LogP contribution in [0.3, 0.4) is 0 Å². The summed E-state index contributed by atoms with van der Waals surface area (Å²) in [5.41, 5.74) is -0.151. The van der Waals surface area contributed by atoms with Crippen LogP contribution in [-0.4, -0.2) is 5.11 Å². The van der Waals surface area contributed by atoms with Crippen LogP contribution < -0.4 is 0 Å². The van der Waals surface area contributed by atoms with Crippen LogP contribution in [0, 0.1) is 6.92 Å². The first-order valence-electron chi connectivity index (χ1n) is 5.51. The molecule has 0 radical (unpaired) electrons. The molecule has 2 heteroatoms. The molecule has 0 spiro atoms. The van der Waals surface area contributed by atoms with E-state index in [0.29, 0.717) is 12.2 Å². The molecule has 1 heterocycles. The number of benzene rings is 1. The molecule has 1 atom stereocenters. The van der Waals surface area contributed by atoms with Gasteiger partial charge >= 0.3 is 0 Å². The second kappa shape index (κ2) is 4.14. The highest BCUT2D eigenvalue weighted by molar-refractivity contribution is 5.31. The second-order valence-corrected chi connectivity index (χ2v) is 3.99. The Bertz CT molecular complexity index is 459. The highest BCUT2D eigenvalue weighted by Crippen LogP contribution is 2.33. The van der Waals surface area contributed by atoms with Gasteiger partial charge in [-0.1, -0.05) is 37.3 Å². The summed E-state index contributed by atoms with van der Waals surface area (Å²) in [6, 6.07) is 13.3. The summed E-state index contributed by atoms with van der Waals surface area (Å²) in [5, 5.41) is 10.7. The van der Waals surface area contributed by atoms with Gasteiger partial charge < -0.3 is 9.52 Å². The van der Waals surface area contributed by atoms with Crippen molar-refractivity contribution in [3.63, 3.8) is 0 Å². The van der Waals surface area contributed by atoms with Crippen LogP contribution in [0.1, 0.15) is 30.4 Å². The van der Waals surface area contributed by atoms with E-state index in [0.717, 1.165) is 11.3 Å². The SMILES string of the molecule is CCC(O)(c1ccccc1)c1ccc(C)o1. The van der Waals surface area contributed by atoms with E-state index in [1.807, 2.05) is 56.3 Å². The molecule has 84 valence electrons. The lowest BCUT2D eigenvalue weighted by Crippen LogP contribution is -2.25. The highest BCUT2D eigenvalue weighted by atomic mass is 16.4. The van der Waals surface area contributed by atoms with Gasteiger partial charge in [0.15, 0.2) is 0 Å². The van der Waals surface area contributed by atoms with Gasteiger partial charge in [0.2, 0.25) is 0 Å². The first-order chi connectivity index (χ1) is 7.66. The van der Waals surface area contributed by atoms with E-state index in [-0.39, 0.29) is 0 Å². The fraction of sp³-hybridized carbons (Fsp3) is 0.286. The van der Waals surface area contributed by atoms with Crippen molar-refractivity contribution in [3.8, 4) is 0 Å². The zero-order valence-corrected chi connectivity index (χ0v) is 9.60. The predicted molar refractivity (Wildman–Crippen MR) is 63.2 cm³/mol. The fourth-order valence-corrected chi connectivity index (χ4v) is 1.89. The lowest BCUT2D eigenvalue weighted by atomic mass is 9.89. The summed E-state index contributed by atoms with van der Waals surface area (Å²) in [6.07, 6.45) is 0.587. The van der Waals surface area contributed by atoms with Gasteiger partial charge in [-0.15, -0.1) is 0 Å². The minimum atomic E-state index is -1.02. The monoisotopic (exact) mass is 216 g/mol. The zero-order chi connectivity index (χ0) is 11.6. The molecule has 2 nitrogen and oxygen atoms in total. The molecule has 1 aromatic heterocycles. The van der Waals surface area contributed by atoms with E-state index in [2.05, 4.69) is 0 Å². The third-order valence-electron chi connectivity index (χ3n) is 2.91. The summed E-state index contributed by atoms with van der Waals surface area (Å²) < 4.78 is 5.54. The van der Waals surface area contributed by atoms with Crippen LogP contribution >= 0.6 is 0 Å². The zero-order valence-electron chi connectivity index (χ0n) is 9.60. The normalized spacial score (nSPS) is 14.7. The number of furan rings is 1. The molecule has 2 aromatic rings. The predicted octanol–water partition coefficient (Wildman–Crippen LogP) is 3.23. The number of hydrogen-bond acceptors (Lipinski definition) is 2. The Morgan fingerprint density at radius 1 is 1.12 bits per heavy atom. The second-order valence-electron chi connectivity index (χ2n) is 3.99. The summed E-state index contributed by atoms with van der Waals surface area (Å²) in [7, 11) is 0. The molecule has 16 heavy (non-hydrogen) atoms. The molecule has 0 aliphatic heterocycles. The van der Waals surface area contributed by atoms with Crippen LogP contribution in [0.5, 0.6) is 0 Å². The number of rotatable bonds is 3. The minimum absolute atomic E-state index is 0.587. The highest BCUT2D eigenvalue weighted by Gasteiger charge is 2.32. The summed E-state index contributed by atoms with van der Waals surface area (Å²) in [4.78, 5) is 0. The summed E-state index contributed by atoms with van der Waals surface area (Å²) in [6.45, 7) is 3.83. The standard InChI is InChI=1S/C14H16O2/c1-3-14(15,12-7-5-4-6-8-12)13-10-9-11(2)16-13/h4-10,15H,3H2,1-2H3. The maximum Gasteiger partial charge on any atom is 0.147 e. The lowest BCUT2D eigenvalue weighted by Gasteiger charge is -2.24. The van der Waals surface area contributed by atoms with Crippen molar-refractivity contribution in [1.29, 1.82) is 0 Å². The van der Waals surface area contributed by atoms with E-state index >= 15 is 0 Å². The minimum Gasteiger partial charge on any atom is -0.463 e. The summed E-state index contributed by atoms with van der Waals surface area (Å²) in [5.74, 6) is 1.43. The molecule has 0 aliphatic rings. The van der Waals surface area contributed by atoms with Crippen LogP contribution in [0.15, 0.2) is 46.9 Å². The summed E-state index contributed by atoms with van der Waals surface area (Å²) >= 11 is 0.